The van der Waals surface area contributed by atoms with E-state index < -0.39 is 11.2 Å². The van der Waals surface area contributed by atoms with Gasteiger partial charge >= 0.3 is 0 Å². The average molecular weight is 382 g/mol. The van der Waals surface area contributed by atoms with Crippen molar-refractivity contribution in [3.05, 3.63) is 23.1 Å². The number of hydrogen-bond acceptors (Lipinski definition) is 4. The number of aliphatic hydroxyl groups excluding tert-OH is 1. The quantitative estimate of drug-likeness (QED) is 0.855. The highest BCUT2D eigenvalue weighted by atomic mass is 35.5. The summed E-state index contributed by atoms with van der Waals surface area (Å²) < 4.78 is 14.3. The number of aromatic nitrogens is 1. The largest absolute Gasteiger partial charge is 0.393 e. The molecule has 1 unspecified atom stereocenters. The second kappa shape index (κ2) is 6.97. The summed E-state index contributed by atoms with van der Waals surface area (Å²) >= 11 is 5.82. The molecule has 2 saturated heterocycles. The Hall–Kier alpha value is -1.40. The molecule has 1 N–H and O–H groups in total. The van der Waals surface area contributed by atoms with Crippen molar-refractivity contribution in [2.45, 2.75) is 57.1 Å². The van der Waals surface area contributed by atoms with E-state index in [0.717, 1.165) is 51.5 Å². The normalized spacial score (nSPS) is 32.5. The van der Waals surface area contributed by atoms with Crippen molar-refractivity contribution in [2.75, 3.05) is 24.5 Å². The second-order valence-corrected chi connectivity index (χ2v) is 8.41. The molecule has 26 heavy (non-hydrogen) atoms. The fourth-order valence-electron chi connectivity index (χ4n) is 4.90. The van der Waals surface area contributed by atoms with E-state index >= 15 is 0 Å². The van der Waals surface area contributed by atoms with Crippen LogP contribution >= 0.6 is 11.6 Å². The number of pyridine rings is 1. The van der Waals surface area contributed by atoms with Gasteiger partial charge in [-0.1, -0.05) is 11.6 Å². The van der Waals surface area contributed by atoms with Crippen molar-refractivity contribution in [2.24, 2.45) is 5.41 Å². The number of rotatable bonds is 2. The van der Waals surface area contributed by atoms with Gasteiger partial charge < -0.3 is 14.9 Å². The van der Waals surface area contributed by atoms with E-state index in [4.69, 9.17) is 11.6 Å². The molecular weight excluding hydrogens is 357 g/mol. The van der Waals surface area contributed by atoms with Crippen LogP contribution in [0.25, 0.3) is 0 Å². The van der Waals surface area contributed by atoms with Crippen molar-refractivity contribution in [1.29, 1.82) is 0 Å². The van der Waals surface area contributed by atoms with Gasteiger partial charge in [0.05, 0.1) is 16.5 Å². The Bertz CT molecular complexity index is 695. The Morgan fingerprint density at radius 3 is 2.73 bits per heavy atom. The molecule has 4 rings (SSSR count). The summed E-state index contributed by atoms with van der Waals surface area (Å²) in [5, 5.41) is 10.0. The van der Waals surface area contributed by atoms with E-state index in [2.05, 4.69) is 4.98 Å². The van der Waals surface area contributed by atoms with Crippen molar-refractivity contribution in [3.8, 4) is 0 Å². The molecule has 142 valence electrons. The van der Waals surface area contributed by atoms with Gasteiger partial charge in [-0.3, -0.25) is 4.79 Å². The van der Waals surface area contributed by atoms with E-state index in [-0.39, 0.29) is 23.1 Å². The minimum absolute atomic E-state index is 0.206. The van der Waals surface area contributed by atoms with Gasteiger partial charge in [-0.25, -0.2) is 9.37 Å². The van der Waals surface area contributed by atoms with E-state index in [1.165, 1.54) is 12.3 Å². The molecule has 1 saturated carbocycles. The highest BCUT2D eigenvalue weighted by Crippen LogP contribution is 2.43. The van der Waals surface area contributed by atoms with E-state index in [1.807, 2.05) is 9.80 Å². The summed E-state index contributed by atoms with van der Waals surface area (Å²) in [5.74, 6) is 0.0663. The van der Waals surface area contributed by atoms with Crippen LogP contribution in [-0.2, 0) is 4.79 Å². The van der Waals surface area contributed by atoms with Gasteiger partial charge in [0.1, 0.15) is 0 Å². The predicted molar refractivity (Wildman–Crippen MR) is 97.7 cm³/mol. The van der Waals surface area contributed by atoms with Crippen LogP contribution in [0.1, 0.15) is 44.9 Å². The SMILES string of the molecule is O=C1N(C2CCC(O)CC2)CCC12CCCN(c1ncc(Cl)cc1F)C2. The third-order valence-electron chi connectivity index (χ3n) is 6.32. The first-order chi connectivity index (χ1) is 12.5. The molecule has 0 radical (unpaired) electrons. The van der Waals surface area contributed by atoms with Crippen molar-refractivity contribution in [3.63, 3.8) is 0 Å². The van der Waals surface area contributed by atoms with Gasteiger partial charge in [0.2, 0.25) is 5.91 Å². The smallest absolute Gasteiger partial charge is 0.230 e. The van der Waals surface area contributed by atoms with E-state index in [0.29, 0.717) is 18.9 Å². The molecule has 3 heterocycles. The second-order valence-electron chi connectivity index (χ2n) is 7.98. The first-order valence-corrected chi connectivity index (χ1v) is 9.91. The zero-order chi connectivity index (χ0) is 18.3. The van der Waals surface area contributed by atoms with Crippen LogP contribution in [0.4, 0.5) is 10.2 Å². The average Bonchev–Trinajstić information content (AvgIpc) is 2.92. The number of likely N-dealkylation sites (tertiary alicyclic amines) is 1. The topological polar surface area (TPSA) is 56.7 Å². The summed E-state index contributed by atoms with van der Waals surface area (Å²) in [6, 6.07) is 1.52. The Balaban J connectivity index is 1.50. The van der Waals surface area contributed by atoms with E-state index in [1.54, 1.807) is 0 Å². The lowest BCUT2D eigenvalue weighted by Crippen LogP contribution is -2.50. The maximum atomic E-state index is 14.3. The lowest BCUT2D eigenvalue weighted by atomic mass is 9.78. The van der Waals surface area contributed by atoms with Gasteiger partial charge in [-0.15, -0.1) is 0 Å². The molecule has 7 heteroatoms. The molecule has 0 aromatic carbocycles. The summed E-state index contributed by atoms with van der Waals surface area (Å²) in [6.07, 6.45) is 7.05. The number of amides is 1. The number of carbonyl (C=O) groups excluding carboxylic acids is 1. The Labute approximate surface area is 158 Å². The molecular formula is C19H25ClFN3O2. The third kappa shape index (κ3) is 3.18. The van der Waals surface area contributed by atoms with Gasteiger partial charge in [0.15, 0.2) is 11.6 Å². The standard InChI is InChI=1S/C19H25ClFN3O2/c20-13-10-16(21)17(22-11-13)23-8-1-6-19(12-23)7-9-24(18(19)26)14-2-4-15(25)5-3-14/h10-11,14-15,25H,1-9,12H2. The zero-order valence-corrected chi connectivity index (χ0v) is 15.6. The summed E-state index contributed by atoms with van der Waals surface area (Å²) in [7, 11) is 0. The molecule has 1 aromatic rings. The molecule has 2 aliphatic heterocycles. The van der Waals surface area contributed by atoms with Gasteiger partial charge in [-0.2, -0.15) is 0 Å². The van der Waals surface area contributed by atoms with Crippen LogP contribution in [0, 0.1) is 11.2 Å². The highest BCUT2D eigenvalue weighted by Gasteiger charge is 2.51. The first kappa shape index (κ1) is 18.0. The summed E-state index contributed by atoms with van der Waals surface area (Å²) in [4.78, 5) is 21.4. The number of piperidine rings is 1. The lowest BCUT2D eigenvalue weighted by molar-refractivity contribution is -0.139. The number of aliphatic hydroxyl groups is 1. The predicted octanol–water partition coefficient (Wildman–Crippen LogP) is 3.00. The summed E-state index contributed by atoms with van der Waals surface area (Å²) in [5.41, 5.74) is -0.429. The van der Waals surface area contributed by atoms with E-state index in [9.17, 15) is 14.3 Å². The van der Waals surface area contributed by atoms with Crippen LogP contribution in [0.5, 0.6) is 0 Å². The molecule has 0 bridgehead atoms. The molecule has 1 aliphatic carbocycles. The Kier molecular flexibility index (Phi) is 4.82. The Morgan fingerprint density at radius 2 is 2.00 bits per heavy atom. The maximum Gasteiger partial charge on any atom is 0.230 e. The molecule has 1 aromatic heterocycles. The van der Waals surface area contributed by atoms with Gasteiger partial charge in [0, 0.05) is 31.9 Å². The minimum Gasteiger partial charge on any atom is -0.393 e. The van der Waals surface area contributed by atoms with Crippen LogP contribution in [0.2, 0.25) is 5.02 Å². The zero-order valence-electron chi connectivity index (χ0n) is 14.8. The fourth-order valence-corrected chi connectivity index (χ4v) is 5.04. The summed E-state index contributed by atoms with van der Waals surface area (Å²) in [6.45, 7) is 1.99. The first-order valence-electron chi connectivity index (χ1n) is 9.54. The third-order valence-corrected chi connectivity index (χ3v) is 6.52. The fraction of sp³-hybridized carbons (Fsp3) is 0.684. The van der Waals surface area contributed by atoms with Gasteiger partial charge in [0.25, 0.3) is 0 Å². The van der Waals surface area contributed by atoms with Crippen molar-refractivity contribution < 1.29 is 14.3 Å². The van der Waals surface area contributed by atoms with Gasteiger partial charge in [-0.05, 0) is 51.0 Å². The minimum atomic E-state index is -0.432. The highest BCUT2D eigenvalue weighted by molar-refractivity contribution is 6.30. The van der Waals surface area contributed by atoms with Crippen molar-refractivity contribution >= 4 is 23.3 Å². The van der Waals surface area contributed by atoms with Crippen molar-refractivity contribution in [1.82, 2.24) is 9.88 Å². The molecule has 1 amide bonds. The van der Waals surface area contributed by atoms with Crippen LogP contribution in [-0.4, -0.2) is 52.7 Å². The maximum absolute atomic E-state index is 14.3. The Morgan fingerprint density at radius 1 is 1.23 bits per heavy atom. The van der Waals surface area contributed by atoms with Crippen LogP contribution in [0.3, 0.4) is 0 Å². The molecule has 1 spiro atoms. The molecule has 3 aliphatic rings. The number of halogens is 2. The molecule has 3 fully saturated rings. The molecule has 1 atom stereocenters. The molecule has 5 nitrogen and oxygen atoms in total. The number of anilines is 1. The number of hydrogen-bond donors (Lipinski definition) is 1. The van der Waals surface area contributed by atoms with Crippen LogP contribution < -0.4 is 4.90 Å². The number of carbonyl (C=O) groups is 1. The van der Waals surface area contributed by atoms with Crippen LogP contribution in [0.15, 0.2) is 12.3 Å². The number of nitrogens with zero attached hydrogens (tertiary/aromatic N) is 3. The monoisotopic (exact) mass is 381 g/mol. The lowest BCUT2D eigenvalue weighted by Gasteiger charge is -2.41.